The van der Waals surface area contributed by atoms with E-state index in [1.54, 1.807) is 6.08 Å². The molecule has 0 spiro atoms. The lowest BCUT2D eigenvalue weighted by Crippen LogP contribution is -2.49. The van der Waals surface area contributed by atoms with Gasteiger partial charge in [0.05, 0.1) is 0 Å². The van der Waals surface area contributed by atoms with Crippen molar-refractivity contribution < 1.29 is 9.53 Å². The first-order chi connectivity index (χ1) is 15.3. The maximum Gasteiger partial charge on any atom is 0.246 e. The van der Waals surface area contributed by atoms with Gasteiger partial charge in [-0.05, 0) is 55.3 Å². The van der Waals surface area contributed by atoms with E-state index in [1.165, 1.54) is 32.5 Å². The molecular weight excluding hydrogens is 422 g/mol. The fourth-order valence-corrected chi connectivity index (χ4v) is 4.17. The summed E-state index contributed by atoms with van der Waals surface area (Å²) in [7, 11) is 0. The maximum absolute atomic E-state index is 12.6. The predicted molar refractivity (Wildman–Crippen MR) is 132 cm³/mol. The van der Waals surface area contributed by atoms with Gasteiger partial charge in [0, 0.05) is 45.3 Å². The first kappa shape index (κ1) is 24.3. The van der Waals surface area contributed by atoms with Crippen molar-refractivity contribution in [2.45, 2.75) is 19.4 Å². The van der Waals surface area contributed by atoms with Crippen molar-refractivity contribution in [2.24, 2.45) is 0 Å². The number of amides is 1. The van der Waals surface area contributed by atoms with E-state index in [0.717, 1.165) is 49.6 Å². The Bertz CT molecular complexity index is 843. The van der Waals surface area contributed by atoms with Crippen LogP contribution in [0.25, 0.3) is 6.08 Å². The largest absolute Gasteiger partial charge is 0.489 e. The summed E-state index contributed by atoms with van der Waals surface area (Å²) in [6.07, 6.45) is 6.28. The standard InChI is InChI=1S/C26H33N3O2.ClH/c30-26(29-20-18-28(19-21-29)17-16-27-14-4-5-15-27)13-10-23-8-11-25(12-9-23)31-22-24-6-2-1-3-7-24;/h1-3,6-13H,4-5,14-22H2;1H/b13-10+;. The van der Waals surface area contributed by atoms with Crippen molar-refractivity contribution in [3.05, 3.63) is 71.8 Å². The van der Waals surface area contributed by atoms with E-state index in [0.29, 0.717) is 6.61 Å². The minimum atomic E-state index is 0. The molecule has 0 atom stereocenters. The van der Waals surface area contributed by atoms with Crippen molar-refractivity contribution in [1.29, 1.82) is 0 Å². The number of carbonyl (C=O) groups is 1. The van der Waals surface area contributed by atoms with Crippen LogP contribution in [0.1, 0.15) is 24.0 Å². The molecule has 0 bridgehead atoms. The summed E-state index contributed by atoms with van der Waals surface area (Å²) in [6.45, 7) is 8.92. The Morgan fingerprint density at radius 2 is 1.44 bits per heavy atom. The Kier molecular flexibility index (Phi) is 9.60. The summed E-state index contributed by atoms with van der Waals surface area (Å²) in [6, 6.07) is 18.0. The highest BCUT2D eigenvalue weighted by atomic mass is 35.5. The van der Waals surface area contributed by atoms with Crippen LogP contribution in [0.3, 0.4) is 0 Å². The number of rotatable bonds is 8. The van der Waals surface area contributed by atoms with Crippen molar-refractivity contribution in [1.82, 2.24) is 14.7 Å². The average Bonchev–Trinajstić information content (AvgIpc) is 3.35. The molecule has 172 valence electrons. The minimum absolute atomic E-state index is 0. The molecule has 1 amide bonds. The monoisotopic (exact) mass is 455 g/mol. The third-order valence-corrected chi connectivity index (χ3v) is 6.16. The zero-order chi connectivity index (χ0) is 21.3. The van der Waals surface area contributed by atoms with E-state index in [9.17, 15) is 4.79 Å². The Balaban J connectivity index is 0.00000289. The molecule has 0 unspecified atom stereocenters. The third kappa shape index (κ3) is 7.37. The van der Waals surface area contributed by atoms with Gasteiger partial charge in [0.1, 0.15) is 12.4 Å². The Morgan fingerprint density at radius 3 is 2.09 bits per heavy atom. The van der Waals surface area contributed by atoms with Gasteiger partial charge in [0.2, 0.25) is 5.91 Å². The van der Waals surface area contributed by atoms with Crippen LogP contribution in [-0.2, 0) is 11.4 Å². The highest BCUT2D eigenvalue weighted by molar-refractivity contribution is 5.91. The molecule has 4 rings (SSSR count). The van der Waals surface area contributed by atoms with E-state index in [4.69, 9.17) is 4.74 Å². The van der Waals surface area contributed by atoms with Gasteiger partial charge in [-0.15, -0.1) is 12.4 Å². The molecule has 2 heterocycles. The average molecular weight is 456 g/mol. The Hall–Kier alpha value is -2.34. The molecule has 0 radical (unpaired) electrons. The van der Waals surface area contributed by atoms with Crippen molar-refractivity contribution >= 4 is 24.4 Å². The molecule has 2 saturated heterocycles. The molecule has 0 aliphatic carbocycles. The normalized spacial score (nSPS) is 17.4. The van der Waals surface area contributed by atoms with E-state index in [1.807, 2.05) is 53.4 Å². The number of hydrogen-bond donors (Lipinski definition) is 0. The molecule has 2 aromatic rings. The highest BCUT2D eigenvalue weighted by Crippen LogP contribution is 2.15. The topological polar surface area (TPSA) is 36.0 Å². The zero-order valence-electron chi connectivity index (χ0n) is 18.7. The summed E-state index contributed by atoms with van der Waals surface area (Å²) in [5.41, 5.74) is 2.15. The van der Waals surface area contributed by atoms with Crippen LogP contribution >= 0.6 is 12.4 Å². The van der Waals surface area contributed by atoms with Crippen LogP contribution < -0.4 is 4.74 Å². The molecule has 6 heteroatoms. The van der Waals surface area contributed by atoms with Gasteiger partial charge in [-0.1, -0.05) is 42.5 Å². The first-order valence-electron chi connectivity index (χ1n) is 11.4. The number of piperazine rings is 1. The van der Waals surface area contributed by atoms with E-state index < -0.39 is 0 Å². The van der Waals surface area contributed by atoms with Crippen molar-refractivity contribution in [2.75, 3.05) is 52.4 Å². The number of benzene rings is 2. The molecule has 32 heavy (non-hydrogen) atoms. The molecule has 5 nitrogen and oxygen atoms in total. The predicted octanol–water partition coefficient (Wildman–Crippen LogP) is 3.94. The van der Waals surface area contributed by atoms with Crippen molar-refractivity contribution in [3.8, 4) is 5.75 Å². The quantitative estimate of drug-likeness (QED) is 0.565. The second-order valence-electron chi connectivity index (χ2n) is 8.39. The fourth-order valence-electron chi connectivity index (χ4n) is 4.17. The molecule has 0 saturated carbocycles. The number of carbonyl (C=O) groups excluding carboxylic acids is 1. The zero-order valence-corrected chi connectivity index (χ0v) is 19.5. The molecule has 2 aliphatic heterocycles. The number of nitrogens with zero attached hydrogens (tertiary/aromatic N) is 3. The molecular formula is C26H34ClN3O2. The van der Waals surface area contributed by atoms with Crippen LogP contribution in [0.4, 0.5) is 0 Å². The molecule has 2 aliphatic rings. The van der Waals surface area contributed by atoms with E-state index in [2.05, 4.69) is 21.9 Å². The number of halogens is 1. The lowest BCUT2D eigenvalue weighted by atomic mass is 10.2. The summed E-state index contributed by atoms with van der Waals surface area (Å²) in [5.74, 6) is 0.931. The van der Waals surface area contributed by atoms with E-state index in [-0.39, 0.29) is 18.3 Å². The third-order valence-electron chi connectivity index (χ3n) is 6.16. The van der Waals surface area contributed by atoms with Gasteiger partial charge in [0.15, 0.2) is 0 Å². The maximum atomic E-state index is 12.6. The summed E-state index contributed by atoms with van der Waals surface area (Å²) in [5, 5.41) is 0. The summed E-state index contributed by atoms with van der Waals surface area (Å²) in [4.78, 5) is 19.6. The van der Waals surface area contributed by atoms with Crippen molar-refractivity contribution in [3.63, 3.8) is 0 Å². The van der Waals surface area contributed by atoms with E-state index >= 15 is 0 Å². The van der Waals surface area contributed by atoms with Gasteiger partial charge in [-0.2, -0.15) is 0 Å². The van der Waals surface area contributed by atoms with Crippen LogP contribution in [0.2, 0.25) is 0 Å². The van der Waals surface area contributed by atoms with Gasteiger partial charge < -0.3 is 14.5 Å². The second kappa shape index (κ2) is 12.6. The summed E-state index contributed by atoms with van der Waals surface area (Å²) >= 11 is 0. The highest BCUT2D eigenvalue weighted by Gasteiger charge is 2.20. The number of hydrogen-bond acceptors (Lipinski definition) is 4. The molecule has 0 aromatic heterocycles. The van der Waals surface area contributed by atoms with Crippen LogP contribution in [0.5, 0.6) is 5.75 Å². The number of likely N-dealkylation sites (tertiary alicyclic amines) is 1. The van der Waals surface area contributed by atoms with Gasteiger partial charge >= 0.3 is 0 Å². The molecule has 2 fully saturated rings. The molecule has 0 N–H and O–H groups in total. The lowest BCUT2D eigenvalue weighted by molar-refractivity contribution is -0.127. The lowest BCUT2D eigenvalue weighted by Gasteiger charge is -2.35. The van der Waals surface area contributed by atoms with Gasteiger partial charge in [0.25, 0.3) is 0 Å². The van der Waals surface area contributed by atoms with Gasteiger partial charge in [-0.25, -0.2) is 0 Å². The first-order valence-corrected chi connectivity index (χ1v) is 11.4. The van der Waals surface area contributed by atoms with Gasteiger partial charge in [-0.3, -0.25) is 9.69 Å². The van der Waals surface area contributed by atoms with Crippen LogP contribution in [-0.4, -0.2) is 73.0 Å². The number of ether oxygens (including phenoxy) is 1. The SMILES string of the molecule is Cl.O=C(/C=C/c1ccc(OCc2ccccc2)cc1)N1CCN(CCN2CCCC2)CC1. The minimum Gasteiger partial charge on any atom is -0.489 e. The van der Waals surface area contributed by atoms with Crippen LogP contribution in [0.15, 0.2) is 60.7 Å². The summed E-state index contributed by atoms with van der Waals surface area (Å²) < 4.78 is 5.82. The Morgan fingerprint density at radius 1 is 0.812 bits per heavy atom. The Labute approximate surface area is 198 Å². The second-order valence-corrected chi connectivity index (χ2v) is 8.39. The fraction of sp³-hybridized carbons (Fsp3) is 0.423. The van der Waals surface area contributed by atoms with Crippen LogP contribution in [0, 0.1) is 0 Å². The smallest absolute Gasteiger partial charge is 0.246 e. The molecule has 2 aromatic carbocycles.